The van der Waals surface area contributed by atoms with Gasteiger partial charge in [0.25, 0.3) is 0 Å². The summed E-state index contributed by atoms with van der Waals surface area (Å²) in [6.45, 7) is 8.10. The highest BCUT2D eigenvalue weighted by atomic mass is 16.5. The van der Waals surface area contributed by atoms with Crippen LogP contribution in [-0.4, -0.2) is 42.4 Å². The first-order valence-electron chi connectivity index (χ1n) is 9.09. The summed E-state index contributed by atoms with van der Waals surface area (Å²) in [6.07, 6.45) is 6.05. The van der Waals surface area contributed by atoms with Crippen molar-refractivity contribution < 1.29 is 4.52 Å². The number of rotatable bonds is 5. The van der Waals surface area contributed by atoms with Gasteiger partial charge in [0.1, 0.15) is 11.6 Å². The van der Waals surface area contributed by atoms with Gasteiger partial charge in [-0.1, -0.05) is 11.6 Å². The van der Waals surface area contributed by atoms with E-state index in [-0.39, 0.29) is 6.04 Å². The molecule has 2 fully saturated rings. The van der Waals surface area contributed by atoms with Crippen molar-refractivity contribution in [1.29, 1.82) is 0 Å². The lowest BCUT2D eigenvalue weighted by molar-refractivity contribution is 0.0714. The third kappa shape index (κ3) is 3.09. The Kier molecular flexibility index (Phi) is 4.12. The van der Waals surface area contributed by atoms with E-state index in [0.717, 1.165) is 36.5 Å². The Balaban J connectivity index is 1.50. The minimum absolute atomic E-state index is 0.153. The summed E-state index contributed by atoms with van der Waals surface area (Å²) in [4.78, 5) is 11.6. The topological polar surface area (TPSA) is 72.9 Å². The van der Waals surface area contributed by atoms with Crippen LogP contribution in [0.25, 0.3) is 0 Å². The molecule has 0 bridgehead atoms. The third-order valence-electron chi connectivity index (χ3n) is 5.27. The van der Waals surface area contributed by atoms with Gasteiger partial charge in [0.15, 0.2) is 5.82 Å². The average molecular weight is 330 g/mol. The Morgan fingerprint density at radius 3 is 2.71 bits per heavy atom. The van der Waals surface area contributed by atoms with E-state index in [0.29, 0.717) is 12.0 Å². The molecule has 7 heteroatoms. The molecule has 0 unspecified atom stereocenters. The number of aryl methyl sites for hydroxylation is 2. The average Bonchev–Trinajstić information content (AvgIpc) is 3.22. The molecule has 0 N–H and O–H groups in total. The van der Waals surface area contributed by atoms with Gasteiger partial charge < -0.3 is 4.52 Å². The molecule has 0 amide bonds. The van der Waals surface area contributed by atoms with Crippen LogP contribution in [0, 0.1) is 13.8 Å². The van der Waals surface area contributed by atoms with Crippen LogP contribution in [0.2, 0.25) is 0 Å². The minimum Gasteiger partial charge on any atom is -0.338 e. The fourth-order valence-electron chi connectivity index (χ4n) is 3.73. The molecule has 2 aromatic heterocycles. The molecule has 1 saturated heterocycles. The molecule has 2 aliphatic rings. The minimum atomic E-state index is 0.153. The maximum Gasteiger partial charge on any atom is 0.243 e. The summed E-state index contributed by atoms with van der Waals surface area (Å²) in [5.74, 6) is 4.02. The molecular formula is C17H26N6O. The van der Waals surface area contributed by atoms with Crippen molar-refractivity contribution >= 4 is 0 Å². The van der Waals surface area contributed by atoms with Crippen LogP contribution in [0.15, 0.2) is 4.52 Å². The molecule has 1 aliphatic heterocycles. The van der Waals surface area contributed by atoms with E-state index in [9.17, 15) is 0 Å². The van der Waals surface area contributed by atoms with Crippen LogP contribution < -0.4 is 0 Å². The number of likely N-dealkylation sites (tertiary alicyclic amines) is 1. The first-order chi connectivity index (χ1) is 11.6. The maximum atomic E-state index is 5.57. The zero-order valence-corrected chi connectivity index (χ0v) is 14.8. The van der Waals surface area contributed by atoms with Gasteiger partial charge in [-0.2, -0.15) is 10.1 Å². The predicted octanol–water partition coefficient (Wildman–Crippen LogP) is 2.77. The highest BCUT2D eigenvalue weighted by Crippen LogP contribution is 2.39. The monoisotopic (exact) mass is 330 g/mol. The fraction of sp³-hybridized carbons (Fsp3) is 0.765. The van der Waals surface area contributed by atoms with E-state index < -0.39 is 0 Å². The molecular weight excluding hydrogens is 304 g/mol. The van der Waals surface area contributed by atoms with E-state index in [2.05, 4.69) is 32.0 Å². The third-order valence-corrected chi connectivity index (χ3v) is 5.27. The predicted molar refractivity (Wildman–Crippen MR) is 88.5 cm³/mol. The van der Waals surface area contributed by atoms with Gasteiger partial charge in [-0.3, -0.25) is 4.90 Å². The van der Waals surface area contributed by atoms with Crippen molar-refractivity contribution in [1.82, 2.24) is 29.8 Å². The Hall–Kier alpha value is -1.76. The van der Waals surface area contributed by atoms with Crippen LogP contribution in [0.4, 0.5) is 0 Å². The SMILES string of the molecule is Cc1nc(C)n(C[C@@H]2CCCCN2[C@H](C)c2nc(C3CC3)no2)n1. The maximum absolute atomic E-state index is 5.57. The molecule has 1 aliphatic carbocycles. The molecule has 0 spiro atoms. The van der Waals surface area contributed by atoms with Gasteiger partial charge in [0.2, 0.25) is 5.89 Å². The smallest absolute Gasteiger partial charge is 0.243 e. The molecule has 2 aromatic rings. The van der Waals surface area contributed by atoms with Crippen LogP contribution in [-0.2, 0) is 6.54 Å². The van der Waals surface area contributed by atoms with E-state index in [1.54, 1.807) is 0 Å². The molecule has 1 saturated carbocycles. The summed E-state index contributed by atoms with van der Waals surface area (Å²) < 4.78 is 7.61. The Labute approximate surface area is 142 Å². The quantitative estimate of drug-likeness (QED) is 0.839. The van der Waals surface area contributed by atoms with Crippen LogP contribution >= 0.6 is 0 Å². The lowest BCUT2D eigenvalue weighted by Gasteiger charge is -2.38. The first-order valence-corrected chi connectivity index (χ1v) is 9.09. The molecule has 24 heavy (non-hydrogen) atoms. The van der Waals surface area contributed by atoms with Gasteiger partial charge >= 0.3 is 0 Å². The van der Waals surface area contributed by atoms with Crippen molar-refractivity contribution in [2.75, 3.05) is 6.54 Å². The second kappa shape index (κ2) is 6.27. The first kappa shape index (κ1) is 15.7. The standard InChI is InChI=1S/C17H26N6O/c1-11(17-19-16(21-24-17)14-7-8-14)22-9-5-4-6-15(22)10-23-13(3)18-12(2)20-23/h11,14-15H,4-10H2,1-3H3/t11-,15+/m1/s1. The molecule has 0 radical (unpaired) electrons. The summed E-state index contributed by atoms with van der Waals surface area (Å²) in [6, 6.07) is 0.588. The second-order valence-corrected chi connectivity index (χ2v) is 7.22. The van der Waals surface area contributed by atoms with Gasteiger partial charge in [0, 0.05) is 12.0 Å². The van der Waals surface area contributed by atoms with Crippen molar-refractivity contribution in [3.8, 4) is 0 Å². The fourth-order valence-corrected chi connectivity index (χ4v) is 3.73. The summed E-state index contributed by atoms with van der Waals surface area (Å²) in [5, 5.41) is 8.71. The van der Waals surface area contributed by atoms with Crippen molar-refractivity contribution in [2.24, 2.45) is 0 Å². The van der Waals surface area contributed by atoms with Gasteiger partial charge in [0.05, 0.1) is 12.6 Å². The summed E-state index contributed by atoms with van der Waals surface area (Å²) in [5.41, 5.74) is 0. The van der Waals surface area contributed by atoms with Crippen molar-refractivity contribution in [3.05, 3.63) is 23.4 Å². The van der Waals surface area contributed by atoms with Crippen molar-refractivity contribution in [2.45, 2.75) is 77.4 Å². The summed E-state index contributed by atoms with van der Waals surface area (Å²) >= 11 is 0. The zero-order valence-electron chi connectivity index (χ0n) is 14.8. The number of hydrogen-bond acceptors (Lipinski definition) is 6. The van der Waals surface area contributed by atoms with E-state index in [1.807, 2.05) is 18.5 Å². The van der Waals surface area contributed by atoms with Crippen LogP contribution in [0.5, 0.6) is 0 Å². The zero-order chi connectivity index (χ0) is 16.7. The largest absolute Gasteiger partial charge is 0.338 e. The molecule has 2 atom stereocenters. The van der Waals surface area contributed by atoms with Crippen LogP contribution in [0.3, 0.4) is 0 Å². The molecule has 3 heterocycles. The molecule has 4 rings (SSSR count). The normalized spacial score (nSPS) is 23.5. The van der Waals surface area contributed by atoms with Gasteiger partial charge in [-0.25, -0.2) is 9.67 Å². The van der Waals surface area contributed by atoms with E-state index >= 15 is 0 Å². The number of piperidine rings is 1. The highest BCUT2D eigenvalue weighted by molar-refractivity contribution is 5.05. The number of hydrogen-bond donors (Lipinski definition) is 0. The Morgan fingerprint density at radius 2 is 2.00 bits per heavy atom. The van der Waals surface area contributed by atoms with E-state index in [1.165, 1.54) is 32.1 Å². The molecule has 130 valence electrons. The number of nitrogens with zero attached hydrogens (tertiary/aromatic N) is 6. The Morgan fingerprint density at radius 1 is 1.17 bits per heavy atom. The lowest BCUT2D eigenvalue weighted by Crippen LogP contribution is -2.44. The van der Waals surface area contributed by atoms with Gasteiger partial charge in [-0.05, 0) is 53.0 Å². The second-order valence-electron chi connectivity index (χ2n) is 7.22. The van der Waals surface area contributed by atoms with E-state index in [4.69, 9.17) is 4.52 Å². The lowest BCUT2D eigenvalue weighted by atomic mass is 10.00. The van der Waals surface area contributed by atoms with Gasteiger partial charge in [-0.15, -0.1) is 0 Å². The molecule has 7 nitrogen and oxygen atoms in total. The summed E-state index contributed by atoms with van der Waals surface area (Å²) in [7, 11) is 0. The highest BCUT2D eigenvalue weighted by Gasteiger charge is 2.33. The van der Waals surface area contributed by atoms with Crippen LogP contribution in [0.1, 0.15) is 74.4 Å². The number of aromatic nitrogens is 5. The van der Waals surface area contributed by atoms with Crippen molar-refractivity contribution in [3.63, 3.8) is 0 Å². The molecule has 0 aromatic carbocycles. The Bertz CT molecular complexity index is 704.